The van der Waals surface area contributed by atoms with Crippen molar-refractivity contribution in [3.8, 4) is 22.6 Å². The van der Waals surface area contributed by atoms with Crippen LogP contribution in [0.15, 0.2) is 94.9 Å². The minimum atomic E-state index is -6.18. The van der Waals surface area contributed by atoms with Gasteiger partial charge in [-0.1, -0.05) is 42.0 Å². The number of hydrogen-bond acceptors (Lipinski definition) is 5. The van der Waals surface area contributed by atoms with Crippen LogP contribution >= 0.6 is 0 Å². The van der Waals surface area contributed by atoms with Crippen molar-refractivity contribution in [2.24, 2.45) is 9.98 Å². The molecule has 4 aromatic rings. The maximum Gasteiger partial charge on any atom is 0.442 e. The van der Waals surface area contributed by atoms with Gasteiger partial charge in [-0.25, -0.2) is 9.98 Å². The summed E-state index contributed by atoms with van der Waals surface area (Å²) in [7, 11) is 0. The molecule has 0 saturated heterocycles. The van der Waals surface area contributed by atoms with Gasteiger partial charge in [-0.2, -0.15) is 52.7 Å². The number of benzene rings is 4. The maximum absolute atomic E-state index is 14.7. The minimum absolute atomic E-state index is 0.235. The highest BCUT2D eigenvalue weighted by atomic mass is 19.4. The highest BCUT2D eigenvalue weighted by molar-refractivity contribution is 5.98. The molecule has 268 valence electrons. The first kappa shape index (κ1) is 35.6. The van der Waals surface area contributed by atoms with Gasteiger partial charge in [-0.3, -0.25) is 0 Å². The topological polar surface area (TPSA) is 52.4 Å². The normalized spacial score (nSPS) is 16.9. The second-order valence-corrected chi connectivity index (χ2v) is 11.5. The van der Waals surface area contributed by atoms with Crippen LogP contribution in [-0.4, -0.2) is 36.5 Å². The largest absolute Gasteiger partial charge is 0.457 e. The molecule has 0 fully saturated rings. The fraction of sp³-hybridized carbons (Fsp3) is 0.235. The molecule has 0 unspecified atom stereocenters. The molecule has 4 aromatic carbocycles. The molecule has 2 aliphatic rings. The van der Waals surface area contributed by atoms with Crippen LogP contribution in [-0.2, 0) is 20.7 Å². The number of aliphatic imine (C=N–C) groups is 2. The third-order valence-corrected chi connectivity index (χ3v) is 8.09. The van der Waals surface area contributed by atoms with Gasteiger partial charge in [0.1, 0.15) is 11.5 Å². The fourth-order valence-corrected chi connectivity index (χ4v) is 5.69. The predicted molar refractivity (Wildman–Crippen MR) is 158 cm³/mol. The van der Waals surface area contributed by atoms with Crippen molar-refractivity contribution < 1.29 is 66.9 Å². The lowest BCUT2D eigenvalue weighted by Gasteiger charge is -2.40. The van der Waals surface area contributed by atoms with Crippen LogP contribution in [0.4, 0.5) is 64.1 Å². The molecule has 0 aromatic heterocycles. The maximum atomic E-state index is 14.7. The first-order chi connectivity index (χ1) is 23.6. The third-order valence-electron chi connectivity index (χ3n) is 8.09. The summed E-state index contributed by atoms with van der Waals surface area (Å²) in [6.07, 6.45) is -24.6. The van der Waals surface area contributed by atoms with Crippen molar-refractivity contribution in [1.29, 1.82) is 0 Å². The van der Waals surface area contributed by atoms with E-state index >= 15 is 0 Å². The number of fused-ring (bicyclic) bond motifs is 2. The lowest BCUT2D eigenvalue weighted by molar-refractivity contribution is -0.371. The van der Waals surface area contributed by atoms with Gasteiger partial charge in [0.05, 0.1) is 11.4 Å². The molecular weight excluding hydrogens is 712 g/mol. The first-order valence-electron chi connectivity index (χ1n) is 14.5. The first-order valence-corrected chi connectivity index (χ1v) is 14.5. The number of nitrogens with zero attached hydrogens (tertiary/aromatic N) is 2. The summed E-state index contributed by atoms with van der Waals surface area (Å²) in [6.45, 7) is 2.61. The second kappa shape index (κ2) is 11.7. The molecular formula is C34H20F12N2O3. The number of ether oxygens (including phenoxy) is 3. The van der Waals surface area contributed by atoms with Crippen molar-refractivity contribution in [2.75, 3.05) is 0 Å². The molecule has 6 rings (SSSR count). The molecule has 2 heterocycles. The van der Waals surface area contributed by atoms with Gasteiger partial charge in [-0.15, -0.1) is 0 Å². The number of alkyl halides is 12. The highest BCUT2D eigenvalue weighted by Gasteiger charge is 2.77. The van der Waals surface area contributed by atoms with Crippen molar-refractivity contribution in [1.82, 2.24) is 0 Å². The molecule has 0 radical (unpaired) electrons. The van der Waals surface area contributed by atoms with Crippen LogP contribution in [0.1, 0.15) is 29.2 Å². The lowest BCUT2D eigenvalue weighted by atomic mass is 9.88. The highest BCUT2D eigenvalue weighted by Crippen LogP contribution is 2.59. The van der Waals surface area contributed by atoms with Crippen molar-refractivity contribution in [3.63, 3.8) is 0 Å². The third kappa shape index (κ3) is 5.81. The van der Waals surface area contributed by atoms with Gasteiger partial charge in [0.25, 0.3) is 0 Å². The number of halogens is 12. The Kier molecular flexibility index (Phi) is 8.14. The van der Waals surface area contributed by atoms with E-state index in [2.05, 4.69) is 14.7 Å². The minimum Gasteiger partial charge on any atom is -0.457 e. The van der Waals surface area contributed by atoms with E-state index in [0.717, 1.165) is 24.6 Å². The number of aryl methyl sites for hydroxylation is 1. The lowest BCUT2D eigenvalue weighted by Crippen LogP contribution is -2.57. The summed E-state index contributed by atoms with van der Waals surface area (Å²) in [5.41, 5.74) is -12.8. The van der Waals surface area contributed by atoms with Gasteiger partial charge >= 0.3 is 35.9 Å². The molecule has 51 heavy (non-hydrogen) atoms. The van der Waals surface area contributed by atoms with Crippen LogP contribution in [0.3, 0.4) is 0 Å². The van der Waals surface area contributed by atoms with Crippen molar-refractivity contribution >= 4 is 23.2 Å². The summed E-state index contributed by atoms with van der Waals surface area (Å²) < 4.78 is 187. The van der Waals surface area contributed by atoms with Crippen LogP contribution < -0.4 is 4.74 Å². The quantitative estimate of drug-likeness (QED) is 0.196. The van der Waals surface area contributed by atoms with Crippen LogP contribution in [0, 0.1) is 6.92 Å². The van der Waals surface area contributed by atoms with E-state index < -0.39 is 81.7 Å². The van der Waals surface area contributed by atoms with Crippen molar-refractivity contribution in [2.45, 2.75) is 49.8 Å². The van der Waals surface area contributed by atoms with Gasteiger partial charge < -0.3 is 14.2 Å². The Morgan fingerprint density at radius 1 is 0.490 bits per heavy atom. The van der Waals surface area contributed by atoms with E-state index in [-0.39, 0.29) is 17.7 Å². The van der Waals surface area contributed by atoms with Crippen molar-refractivity contribution in [3.05, 3.63) is 107 Å². The SMILES string of the molecule is CC1=Nc2ccc(Oc3ccc4c(c3)C(C(F)(F)F)(C(F)(F)F)OC(c3ccc(-c5ccc(C)cc5)cc3)=N4)cc2C(C(F)(F)F)(C(F)(F)F)O1. The second-order valence-electron chi connectivity index (χ2n) is 11.5. The number of rotatable bonds is 4. The van der Waals surface area contributed by atoms with Gasteiger partial charge in [0, 0.05) is 23.6 Å². The summed E-state index contributed by atoms with van der Waals surface area (Å²) in [6, 6.07) is 16.0. The molecule has 17 heteroatoms. The monoisotopic (exact) mass is 732 g/mol. The van der Waals surface area contributed by atoms with Gasteiger partial charge in [0.2, 0.25) is 5.90 Å². The van der Waals surface area contributed by atoms with E-state index in [9.17, 15) is 52.7 Å². The average molecular weight is 733 g/mol. The number of hydrogen-bond donors (Lipinski definition) is 0. The Labute approximate surface area is 279 Å². The van der Waals surface area contributed by atoms with E-state index in [1.165, 1.54) is 24.3 Å². The molecule has 0 atom stereocenters. The van der Waals surface area contributed by atoms with E-state index in [4.69, 9.17) is 9.47 Å². The standard InChI is InChI=1S/C34H20F12N2O3/c1-17-3-5-19(6-4-17)20-7-9-21(10-8-20)28-48-27-14-12-23(16-25(27)30(51-28,33(41,42)43)34(44,45)46)49-22-11-13-26-24(15-22)29(31(35,36)37,32(38,39)40)50-18(2)47-26/h3-16H,1-2H3. The average Bonchev–Trinajstić information content (AvgIpc) is 3.02. The summed E-state index contributed by atoms with van der Waals surface area (Å²) in [5, 5.41) is 0. The van der Waals surface area contributed by atoms with E-state index in [1.807, 2.05) is 6.92 Å². The zero-order chi connectivity index (χ0) is 37.4. The molecule has 0 N–H and O–H groups in total. The Morgan fingerprint density at radius 2 is 0.882 bits per heavy atom. The molecule has 5 nitrogen and oxygen atoms in total. The van der Waals surface area contributed by atoms with Gasteiger partial charge in [0.15, 0.2) is 5.90 Å². The Balaban J connectivity index is 1.44. The van der Waals surface area contributed by atoms with Crippen LogP contribution in [0.25, 0.3) is 11.1 Å². The summed E-state index contributed by atoms with van der Waals surface area (Å²) in [5.74, 6) is -3.66. The summed E-state index contributed by atoms with van der Waals surface area (Å²) >= 11 is 0. The molecule has 0 aliphatic carbocycles. The Hall–Kier alpha value is -5.22. The Bertz CT molecular complexity index is 2020. The molecule has 0 saturated carbocycles. The molecule has 0 spiro atoms. The van der Waals surface area contributed by atoms with Crippen LogP contribution in [0.5, 0.6) is 11.5 Å². The summed E-state index contributed by atoms with van der Waals surface area (Å²) in [4.78, 5) is 7.46. The zero-order valence-corrected chi connectivity index (χ0v) is 25.7. The Morgan fingerprint density at radius 3 is 1.33 bits per heavy atom. The predicted octanol–water partition coefficient (Wildman–Crippen LogP) is 11.3. The molecule has 0 bridgehead atoms. The molecule has 0 amide bonds. The molecule has 2 aliphatic heterocycles. The van der Waals surface area contributed by atoms with Crippen LogP contribution in [0.2, 0.25) is 0 Å². The zero-order valence-electron chi connectivity index (χ0n) is 25.7. The fourth-order valence-electron chi connectivity index (χ4n) is 5.69. The van der Waals surface area contributed by atoms with E-state index in [1.54, 1.807) is 24.3 Å². The smallest absolute Gasteiger partial charge is 0.442 e. The van der Waals surface area contributed by atoms with E-state index in [0.29, 0.717) is 23.3 Å². The van der Waals surface area contributed by atoms with Gasteiger partial charge in [-0.05, 0) is 66.6 Å².